The molecule has 2 nitrogen and oxygen atoms in total. The Kier molecular flexibility index (Phi) is 3.51. The third-order valence-corrected chi connectivity index (χ3v) is 8.39. The van der Waals surface area contributed by atoms with E-state index in [4.69, 9.17) is 4.74 Å². The second-order valence-corrected chi connectivity index (χ2v) is 8.67. The van der Waals surface area contributed by atoms with Crippen molar-refractivity contribution in [1.82, 2.24) is 0 Å². The highest BCUT2D eigenvalue weighted by molar-refractivity contribution is 5.43. The van der Waals surface area contributed by atoms with Crippen LogP contribution in [0.15, 0.2) is 18.2 Å². The van der Waals surface area contributed by atoms with Gasteiger partial charge in [-0.05, 0) is 67.7 Å². The minimum Gasteiger partial charge on any atom is -1.00 e. The van der Waals surface area contributed by atoms with Crippen LogP contribution in [0.2, 0.25) is 0 Å². The highest BCUT2D eigenvalue weighted by atomic mass is 35.5. The number of benzene rings is 1. The Balaban J connectivity index is 0.00000146. The van der Waals surface area contributed by atoms with Crippen LogP contribution >= 0.6 is 0 Å². The van der Waals surface area contributed by atoms with E-state index >= 15 is 0 Å². The lowest BCUT2D eigenvalue weighted by molar-refractivity contribution is -0.0966. The van der Waals surface area contributed by atoms with E-state index in [1.807, 2.05) is 0 Å². The maximum atomic E-state index is 11.2. The van der Waals surface area contributed by atoms with Crippen molar-refractivity contribution in [1.29, 1.82) is 0 Å². The van der Waals surface area contributed by atoms with Crippen molar-refractivity contribution in [2.75, 3.05) is 7.11 Å². The van der Waals surface area contributed by atoms with E-state index in [0.717, 1.165) is 30.9 Å². The molecule has 24 heavy (non-hydrogen) atoms. The van der Waals surface area contributed by atoms with Gasteiger partial charge in [0.1, 0.15) is 23.2 Å². The van der Waals surface area contributed by atoms with Gasteiger partial charge >= 0.3 is 0 Å². The van der Waals surface area contributed by atoms with Crippen LogP contribution in [0.3, 0.4) is 0 Å². The van der Waals surface area contributed by atoms with Crippen LogP contribution in [-0.2, 0) is 6.42 Å². The summed E-state index contributed by atoms with van der Waals surface area (Å²) >= 11 is 0. The lowest BCUT2D eigenvalue weighted by Gasteiger charge is -2.52. The summed E-state index contributed by atoms with van der Waals surface area (Å²) in [7, 11) is 1.76. The van der Waals surface area contributed by atoms with Gasteiger partial charge in [-0.25, -0.2) is 0 Å². The molecule has 5 rings (SSSR count). The van der Waals surface area contributed by atoms with Gasteiger partial charge in [0.2, 0.25) is 0 Å². The van der Waals surface area contributed by atoms with E-state index in [1.165, 1.54) is 31.2 Å². The van der Waals surface area contributed by atoms with Gasteiger partial charge < -0.3 is 22.3 Å². The van der Waals surface area contributed by atoms with E-state index in [-0.39, 0.29) is 23.2 Å². The van der Waals surface area contributed by atoms with Gasteiger partial charge in [-0.3, -0.25) is 0 Å². The fourth-order valence-electron chi connectivity index (χ4n) is 7.05. The van der Waals surface area contributed by atoms with Crippen LogP contribution < -0.4 is 17.1 Å². The van der Waals surface area contributed by atoms with Gasteiger partial charge in [0.15, 0.2) is 0 Å². The number of hydrogen-bond acceptors (Lipinski definition) is 2. The molecule has 1 aromatic carbocycles. The molecule has 1 aromatic rings. The molecule has 4 aliphatic rings. The van der Waals surface area contributed by atoms with E-state index in [0.29, 0.717) is 5.92 Å². The zero-order valence-corrected chi connectivity index (χ0v) is 15.4. The highest BCUT2D eigenvalue weighted by Gasteiger charge is 2.79. The summed E-state index contributed by atoms with van der Waals surface area (Å²) in [5, 5.41) is 11.2. The molecule has 0 heterocycles. The third-order valence-electron chi connectivity index (χ3n) is 8.39. The van der Waals surface area contributed by atoms with Crippen LogP contribution in [0, 0.1) is 23.2 Å². The molecule has 0 radical (unpaired) electrons. The zero-order valence-electron chi connectivity index (χ0n) is 14.6. The number of aliphatic hydroxyl groups is 1. The highest BCUT2D eigenvalue weighted by Crippen LogP contribution is 2.77. The number of halogens is 1. The van der Waals surface area contributed by atoms with Crippen molar-refractivity contribution in [3.8, 4) is 5.75 Å². The molecule has 5 atom stereocenters. The Hall–Kier alpha value is -0.860. The van der Waals surface area contributed by atoms with E-state index < -0.39 is 5.60 Å². The molecule has 0 aromatic heterocycles. The summed E-state index contributed by atoms with van der Waals surface area (Å²) in [6.07, 6.45) is 10.5. The summed E-state index contributed by atoms with van der Waals surface area (Å²) in [5.41, 5.74) is 3.04. The molecule has 3 saturated carbocycles. The number of fused-ring (bicyclic) bond motifs is 3. The minimum atomic E-state index is -0.418. The van der Waals surface area contributed by atoms with Crippen LogP contribution in [0.4, 0.5) is 0 Å². The summed E-state index contributed by atoms with van der Waals surface area (Å²) < 4.78 is 5.42. The first-order valence-corrected chi connectivity index (χ1v) is 9.27. The summed E-state index contributed by atoms with van der Waals surface area (Å²) in [5.74, 6) is 2.39. The van der Waals surface area contributed by atoms with Gasteiger partial charge in [0, 0.05) is 11.3 Å². The molecule has 3 fully saturated rings. The van der Waals surface area contributed by atoms with Crippen molar-refractivity contribution in [2.24, 2.45) is 16.7 Å². The van der Waals surface area contributed by atoms with Crippen LogP contribution in [0.1, 0.15) is 62.5 Å². The lowest BCUT2D eigenvalue weighted by atomic mass is 9.48. The van der Waals surface area contributed by atoms with Gasteiger partial charge in [0.25, 0.3) is 0 Å². The summed E-state index contributed by atoms with van der Waals surface area (Å²) in [6, 6.07) is 6.71. The molecule has 3 heteroatoms. The van der Waals surface area contributed by atoms with Gasteiger partial charge in [-0.1, -0.05) is 13.0 Å². The van der Waals surface area contributed by atoms with Gasteiger partial charge in [-0.2, -0.15) is 0 Å². The molecule has 1 N–H and O–H groups in total. The molecule has 2 bridgehead atoms. The molecule has 0 unspecified atom stereocenters. The fourth-order valence-corrected chi connectivity index (χ4v) is 7.05. The van der Waals surface area contributed by atoms with Crippen molar-refractivity contribution >= 4 is 0 Å². The first kappa shape index (κ1) is 16.6. The minimum absolute atomic E-state index is 0. The standard InChI is InChI=1S/C21H27O2.ClH/c1-19-8-7-17-16-5-4-15(23-2)13-14(16)3-6-18(17)20(19)9-11-21(19,22)12-10-20;/h4-5,9,13,17-18,22H,3,6-8,10-12H2,1-2H3;1H/q+1;/p-1/t17-,18-,19+,20+,21+;/m1./s1. The predicted molar refractivity (Wildman–Crippen MR) is 90.4 cm³/mol. The predicted octanol–water partition coefficient (Wildman–Crippen LogP) is 1.26. The van der Waals surface area contributed by atoms with Crippen molar-refractivity contribution in [3.63, 3.8) is 0 Å². The third kappa shape index (κ3) is 1.69. The van der Waals surface area contributed by atoms with E-state index in [1.54, 1.807) is 12.7 Å². The number of rotatable bonds is 1. The lowest BCUT2D eigenvalue weighted by Crippen LogP contribution is -3.00. The fraction of sp³-hybridized carbons (Fsp3) is 0.667. The molecular formula is C21H27ClO2. The van der Waals surface area contributed by atoms with Crippen LogP contribution in [0.5, 0.6) is 5.75 Å². The maximum absolute atomic E-state index is 11.2. The second kappa shape index (κ2) is 5.08. The second-order valence-electron chi connectivity index (χ2n) is 8.67. The molecule has 0 amide bonds. The average molecular weight is 347 g/mol. The summed E-state index contributed by atoms with van der Waals surface area (Å²) in [4.78, 5) is 0. The zero-order chi connectivity index (χ0) is 15.9. The van der Waals surface area contributed by atoms with E-state index in [2.05, 4.69) is 31.5 Å². The normalized spacial score (nSPS) is 44.6. The van der Waals surface area contributed by atoms with Gasteiger partial charge in [0.05, 0.1) is 13.5 Å². The van der Waals surface area contributed by atoms with Gasteiger partial charge in [-0.15, -0.1) is 0 Å². The van der Waals surface area contributed by atoms with Crippen molar-refractivity contribution in [3.05, 3.63) is 35.7 Å². The Morgan fingerprint density at radius 1 is 1.21 bits per heavy atom. The average Bonchev–Trinajstić information content (AvgIpc) is 2.95. The number of ether oxygens (including phenoxy) is 1. The molecule has 0 spiro atoms. The monoisotopic (exact) mass is 346 g/mol. The van der Waals surface area contributed by atoms with Crippen molar-refractivity contribution in [2.45, 2.75) is 63.4 Å². The van der Waals surface area contributed by atoms with Crippen LogP contribution in [-0.4, -0.2) is 17.8 Å². The Labute approximate surface area is 151 Å². The van der Waals surface area contributed by atoms with E-state index in [9.17, 15) is 5.11 Å². The molecular weight excluding hydrogens is 320 g/mol. The molecule has 130 valence electrons. The Bertz CT molecular complexity index is 662. The quantitative estimate of drug-likeness (QED) is 0.776. The Morgan fingerprint density at radius 3 is 2.75 bits per heavy atom. The molecule has 0 aliphatic heterocycles. The SMILES string of the molecule is COc1ccc2c(c1)CC[C@@H]1[C@@H]2CC[C@]2(C)[C@]3(O)C[CH+][C@]12CC3.[Cl-]. The topological polar surface area (TPSA) is 29.5 Å². The first-order chi connectivity index (χ1) is 11.0. The first-order valence-electron chi connectivity index (χ1n) is 9.27. The number of methoxy groups -OCH3 is 1. The molecule has 0 saturated heterocycles. The largest absolute Gasteiger partial charge is 1.00 e. The Morgan fingerprint density at radius 2 is 2.04 bits per heavy atom. The molecule has 4 aliphatic carbocycles. The maximum Gasteiger partial charge on any atom is 0.120 e. The van der Waals surface area contributed by atoms with Crippen molar-refractivity contribution < 1.29 is 22.3 Å². The number of hydrogen-bond donors (Lipinski definition) is 1. The summed E-state index contributed by atoms with van der Waals surface area (Å²) in [6.45, 7) is 2.39. The number of aryl methyl sites for hydroxylation is 1. The van der Waals surface area contributed by atoms with Crippen LogP contribution in [0.25, 0.3) is 0 Å². The smallest absolute Gasteiger partial charge is 0.120 e.